The van der Waals surface area contributed by atoms with Gasteiger partial charge >= 0.3 is 0 Å². The van der Waals surface area contributed by atoms with Crippen molar-refractivity contribution in [2.75, 3.05) is 7.05 Å². The third kappa shape index (κ3) is 4.05. The lowest BCUT2D eigenvalue weighted by atomic mass is 10.0. The summed E-state index contributed by atoms with van der Waals surface area (Å²) in [6, 6.07) is 9.55. The Morgan fingerprint density at radius 1 is 1.10 bits per heavy atom. The number of carbonyl (C=O) groups is 1. The van der Waals surface area contributed by atoms with Gasteiger partial charge in [0, 0.05) is 43.5 Å². The van der Waals surface area contributed by atoms with Gasteiger partial charge in [-0.1, -0.05) is 29.8 Å². The minimum absolute atomic E-state index is 0.109. The van der Waals surface area contributed by atoms with Crippen molar-refractivity contribution >= 4 is 28.4 Å². The van der Waals surface area contributed by atoms with Crippen molar-refractivity contribution in [3.8, 4) is 11.3 Å². The molecule has 0 aliphatic heterocycles. The second-order valence-electron chi connectivity index (χ2n) is 7.50. The molecule has 4 rings (SSSR count). The lowest BCUT2D eigenvalue weighted by Gasteiger charge is -2.18. The van der Waals surface area contributed by atoms with Gasteiger partial charge in [0.2, 0.25) is 0 Å². The Hall–Kier alpha value is -3.19. The third-order valence-corrected chi connectivity index (χ3v) is 5.65. The van der Waals surface area contributed by atoms with Gasteiger partial charge in [-0.2, -0.15) is 10.2 Å². The number of para-hydroxylation sites is 1. The summed E-state index contributed by atoms with van der Waals surface area (Å²) in [6.07, 6.45) is 3.75. The Morgan fingerprint density at radius 2 is 1.81 bits per heavy atom. The van der Waals surface area contributed by atoms with E-state index in [-0.39, 0.29) is 5.91 Å². The molecule has 1 amide bonds. The van der Waals surface area contributed by atoms with Crippen molar-refractivity contribution in [3.05, 3.63) is 64.7 Å². The van der Waals surface area contributed by atoms with Crippen molar-refractivity contribution in [1.29, 1.82) is 0 Å². The molecule has 0 unspecified atom stereocenters. The molecule has 0 saturated heterocycles. The zero-order chi connectivity index (χ0) is 22.1. The lowest BCUT2D eigenvalue weighted by molar-refractivity contribution is 0.0785. The number of pyridine rings is 1. The highest BCUT2D eigenvalue weighted by Crippen LogP contribution is 2.28. The predicted octanol–water partition coefficient (Wildman–Crippen LogP) is 4.57. The zero-order valence-corrected chi connectivity index (χ0v) is 18.9. The van der Waals surface area contributed by atoms with Gasteiger partial charge in [0.15, 0.2) is 0 Å². The van der Waals surface area contributed by atoms with Gasteiger partial charge in [0.05, 0.1) is 34.0 Å². The molecule has 3 aromatic heterocycles. The molecule has 0 fully saturated rings. The highest BCUT2D eigenvalue weighted by atomic mass is 35.5. The Balaban J connectivity index is 1.75. The molecule has 0 aliphatic rings. The summed E-state index contributed by atoms with van der Waals surface area (Å²) in [7, 11) is 1.76. The molecule has 4 aromatic rings. The maximum atomic E-state index is 13.5. The normalized spacial score (nSPS) is 11.3. The van der Waals surface area contributed by atoms with Gasteiger partial charge in [-0.3, -0.25) is 14.2 Å². The van der Waals surface area contributed by atoms with Gasteiger partial charge in [-0.25, -0.2) is 4.98 Å². The molecular weight excluding hydrogens is 412 g/mol. The van der Waals surface area contributed by atoms with Crippen molar-refractivity contribution in [1.82, 2.24) is 29.4 Å². The third-order valence-electron chi connectivity index (χ3n) is 5.34. The molecule has 8 heteroatoms. The van der Waals surface area contributed by atoms with Crippen LogP contribution in [0.2, 0.25) is 5.02 Å². The molecule has 0 aliphatic carbocycles. The summed E-state index contributed by atoms with van der Waals surface area (Å²) < 4.78 is 3.64. The van der Waals surface area contributed by atoms with Crippen LogP contribution in [0.4, 0.5) is 0 Å². The summed E-state index contributed by atoms with van der Waals surface area (Å²) in [5.74, 6) is -0.109. The Kier molecular flexibility index (Phi) is 5.78. The van der Waals surface area contributed by atoms with Crippen molar-refractivity contribution < 1.29 is 4.79 Å². The maximum absolute atomic E-state index is 13.5. The fraction of sp³-hybridized carbons (Fsp3) is 0.304. The number of hydrogen-bond donors (Lipinski definition) is 0. The van der Waals surface area contributed by atoms with Gasteiger partial charge < -0.3 is 4.90 Å². The molecule has 1 aromatic carbocycles. The van der Waals surface area contributed by atoms with Gasteiger partial charge in [0.25, 0.3) is 5.91 Å². The van der Waals surface area contributed by atoms with E-state index in [2.05, 4.69) is 10.2 Å². The van der Waals surface area contributed by atoms with E-state index in [4.69, 9.17) is 16.6 Å². The summed E-state index contributed by atoms with van der Waals surface area (Å²) in [5.41, 5.74) is 4.59. The van der Waals surface area contributed by atoms with Gasteiger partial charge in [-0.15, -0.1) is 0 Å². The van der Waals surface area contributed by atoms with Crippen LogP contribution in [0.5, 0.6) is 0 Å². The topological polar surface area (TPSA) is 68.8 Å². The van der Waals surface area contributed by atoms with Crippen LogP contribution in [-0.4, -0.2) is 42.4 Å². The lowest BCUT2D eigenvalue weighted by Crippen LogP contribution is -2.27. The smallest absolute Gasteiger partial charge is 0.254 e. The first kappa shape index (κ1) is 21.1. The van der Waals surface area contributed by atoms with E-state index in [1.165, 1.54) is 0 Å². The number of aromatic nitrogens is 5. The number of fused-ring (bicyclic) bond motifs is 1. The first-order chi connectivity index (χ1) is 14.9. The molecule has 31 heavy (non-hydrogen) atoms. The summed E-state index contributed by atoms with van der Waals surface area (Å²) >= 11 is 6.31. The van der Waals surface area contributed by atoms with E-state index < -0.39 is 0 Å². The molecule has 0 N–H and O–H groups in total. The van der Waals surface area contributed by atoms with Crippen LogP contribution in [-0.2, 0) is 19.6 Å². The van der Waals surface area contributed by atoms with E-state index in [9.17, 15) is 4.79 Å². The van der Waals surface area contributed by atoms with Crippen LogP contribution >= 0.6 is 11.6 Å². The molecule has 3 heterocycles. The molecule has 0 atom stereocenters. The molecule has 160 valence electrons. The van der Waals surface area contributed by atoms with E-state index in [0.29, 0.717) is 22.8 Å². The molecule has 7 nitrogen and oxygen atoms in total. The van der Waals surface area contributed by atoms with Crippen LogP contribution in [0.25, 0.3) is 22.2 Å². The number of benzene rings is 1. The number of rotatable bonds is 6. The number of halogens is 1. The highest BCUT2D eigenvalue weighted by Gasteiger charge is 2.20. The minimum Gasteiger partial charge on any atom is -0.336 e. The van der Waals surface area contributed by atoms with E-state index in [0.717, 1.165) is 40.9 Å². The van der Waals surface area contributed by atoms with Gasteiger partial charge in [-0.05, 0) is 32.9 Å². The van der Waals surface area contributed by atoms with Gasteiger partial charge in [0.1, 0.15) is 5.69 Å². The second kappa shape index (κ2) is 8.51. The SMILES string of the molecule is CCn1cc(-c2cc(C(=O)N(C)Cc3nn(CC)cc3Cl)c3ccccc3n2)c(C)n1. The predicted molar refractivity (Wildman–Crippen MR) is 122 cm³/mol. The number of amides is 1. The quantitative estimate of drug-likeness (QED) is 0.444. The molecule has 0 radical (unpaired) electrons. The maximum Gasteiger partial charge on any atom is 0.254 e. The summed E-state index contributed by atoms with van der Waals surface area (Å²) in [5, 5.41) is 10.4. The van der Waals surface area contributed by atoms with E-state index in [1.54, 1.807) is 22.8 Å². The number of aryl methyl sites for hydroxylation is 3. The fourth-order valence-corrected chi connectivity index (χ4v) is 3.84. The monoisotopic (exact) mass is 436 g/mol. The minimum atomic E-state index is -0.109. The fourth-order valence-electron chi connectivity index (χ4n) is 3.63. The van der Waals surface area contributed by atoms with E-state index in [1.807, 2.05) is 62.0 Å². The van der Waals surface area contributed by atoms with Crippen molar-refractivity contribution in [2.45, 2.75) is 40.4 Å². The number of hydrogen-bond acceptors (Lipinski definition) is 4. The van der Waals surface area contributed by atoms with E-state index >= 15 is 0 Å². The number of carbonyl (C=O) groups excluding carboxylic acids is 1. The Morgan fingerprint density at radius 3 is 2.48 bits per heavy atom. The average Bonchev–Trinajstić information content (AvgIpc) is 3.34. The summed E-state index contributed by atoms with van der Waals surface area (Å²) in [6.45, 7) is 7.81. The zero-order valence-electron chi connectivity index (χ0n) is 18.1. The molecule has 0 bridgehead atoms. The first-order valence-electron chi connectivity index (χ1n) is 10.3. The standard InChI is InChI=1S/C23H25ClN6O/c1-5-29-12-18(15(3)26-29)21-11-17(16-9-7-8-10-20(16)25-21)23(31)28(4)14-22-19(24)13-30(6-2)27-22/h7-13H,5-6,14H2,1-4H3. The Labute approximate surface area is 186 Å². The molecule has 0 spiro atoms. The van der Waals surface area contributed by atoms with Crippen LogP contribution in [0, 0.1) is 6.92 Å². The molecular formula is C23H25ClN6O. The van der Waals surface area contributed by atoms with Crippen LogP contribution < -0.4 is 0 Å². The molecule has 0 saturated carbocycles. The van der Waals surface area contributed by atoms with Crippen molar-refractivity contribution in [3.63, 3.8) is 0 Å². The second-order valence-corrected chi connectivity index (χ2v) is 7.90. The largest absolute Gasteiger partial charge is 0.336 e. The van der Waals surface area contributed by atoms with Crippen LogP contribution in [0.1, 0.15) is 35.6 Å². The summed E-state index contributed by atoms with van der Waals surface area (Å²) in [4.78, 5) is 19.9. The average molecular weight is 437 g/mol. The van der Waals surface area contributed by atoms with Crippen LogP contribution in [0.15, 0.2) is 42.7 Å². The van der Waals surface area contributed by atoms with Crippen molar-refractivity contribution in [2.24, 2.45) is 0 Å². The highest BCUT2D eigenvalue weighted by molar-refractivity contribution is 6.31. The first-order valence-corrected chi connectivity index (χ1v) is 10.7. The number of nitrogens with zero attached hydrogens (tertiary/aromatic N) is 6. The van der Waals surface area contributed by atoms with Crippen LogP contribution in [0.3, 0.4) is 0 Å². The Bertz CT molecular complexity index is 1260.